The highest BCUT2D eigenvalue weighted by Gasteiger charge is 2.25. The number of nitrogens with one attached hydrogen (secondary N) is 1. The van der Waals surface area contributed by atoms with Crippen LogP contribution in [0.2, 0.25) is 0 Å². The van der Waals surface area contributed by atoms with Crippen molar-refractivity contribution in [2.24, 2.45) is 0 Å². The van der Waals surface area contributed by atoms with Crippen LogP contribution < -0.4 is 5.32 Å². The second-order valence-corrected chi connectivity index (χ2v) is 7.30. The molecule has 21 heavy (non-hydrogen) atoms. The number of hydrogen-bond acceptors (Lipinski definition) is 2. The number of anilines is 1. The largest absolute Gasteiger partial charge is 0.349 e. The molecule has 0 spiro atoms. The highest BCUT2D eigenvalue weighted by atomic mass is 15.2. The average molecular weight is 283 g/mol. The van der Waals surface area contributed by atoms with Crippen molar-refractivity contribution in [3.8, 4) is 0 Å². The molecule has 1 aromatic carbocycles. The van der Waals surface area contributed by atoms with Gasteiger partial charge in [0.1, 0.15) is 0 Å². The van der Waals surface area contributed by atoms with Gasteiger partial charge in [-0.15, -0.1) is 0 Å². The third-order valence-electron chi connectivity index (χ3n) is 4.15. The maximum atomic E-state index is 4.79. The maximum Gasteiger partial charge on any atom is 0.203 e. The Labute approximate surface area is 127 Å². The molecule has 0 amide bonds. The van der Waals surface area contributed by atoms with Gasteiger partial charge in [-0.25, -0.2) is 4.98 Å². The molecule has 0 saturated heterocycles. The minimum absolute atomic E-state index is 0.0987. The molecule has 2 heterocycles. The third kappa shape index (κ3) is 2.82. The molecule has 1 atom stereocenters. The summed E-state index contributed by atoms with van der Waals surface area (Å²) < 4.78 is 2.25. The van der Waals surface area contributed by atoms with Gasteiger partial charge in [0.2, 0.25) is 5.95 Å². The topological polar surface area (TPSA) is 29.9 Å². The van der Waals surface area contributed by atoms with Crippen molar-refractivity contribution < 1.29 is 0 Å². The number of imidazole rings is 1. The number of nitrogens with zero attached hydrogens (tertiary/aromatic N) is 2. The first kappa shape index (κ1) is 14.2. The lowest BCUT2D eigenvalue weighted by atomic mass is 9.93. The molecule has 1 aliphatic heterocycles. The molecule has 1 aromatic heterocycles. The summed E-state index contributed by atoms with van der Waals surface area (Å²) in [5, 5.41) is 3.61. The molecule has 3 rings (SSSR count). The number of rotatable bonds is 1. The molecule has 0 saturated carbocycles. The average Bonchev–Trinajstić information content (AvgIpc) is 2.80. The lowest BCUT2D eigenvalue weighted by Crippen LogP contribution is -2.22. The maximum absolute atomic E-state index is 4.79. The molecule has 2 aromatic rings. The van der Waals surface area contributed by atoms with E-state index in [4.69, 9.17) is 4.98 Å². The first-order chi connectivity index (χ1) is 9.83. The van der Waals surface area contributed by atoms with Gasteiger partial charge in [0.15, 0.2) is 0 Å². The van der Waals surface area contributed by atoms with E-state index in [0.29, 0.717) is 6.04 Å². The lowest BCUT2D eigenvalue weighted by molar-refractivity contribution is 0.540. The van der Waals surface area contributed by atoms with Crippen LogP contribution in [-0.4, -0.2) is 9.55 Å². The summed E-state index contributed by atoms with van der Waals surface area (Å²) in [4.78, 5) is 4.79. The molecule has 1 N–H and O–H groups in total. The van der Waals surface area contributed by atoms with Crippen molar-refractivity contribution in [3.05, 3.63) is 46.8 Å². The highest BCUT2D eigenvalue weighted by molar-refractivity contribution is 5.40. The van der Waals surface area contributed by atoms with Crippen molar-refractivity contribution >= 4 is 5.95 Å². The van der Waals surface area contributed by atoms with Crippen LogP contribution in [0.15, 0.2) is 24.4 Å². The van der Waals surface area contributed by atoms with E-state index >= 15 is 0 Å². The Kier molecular flexibility index (Phi) is 3.31. The van der Waals surface area contributed by atoms with E-state index in [0.717, 1.165) is 24.6 Å². The van der Waals surface area contributed by atoms with Crippen LogP contribution in [0.4, 0.5) is 5.95 Å². The monoisotopic (exact) mass is 283 g/mol. The summed E-state index contributed by atoms with van der Waals surface area (Å²) in [5.74, 6) is 1.01. The fourth-order valence-corrected chi connectivity index (χ4v) is 3.02. The van der Waals surface area contributed by atoms with Crippen LogP contribution in [-0.2, 0) is 12.0 Å². The van der Waals surface area contributed by atoms with Gasteiger partial charge in [0.25, 0.3) is 0 Å². The fourth-order valence-electron chi connectivity index (χ4n) is 3.02. The lowest BCUT2D eigenvalue weighted by Gasteiger charge is -2.26. The Balaban J connectivity index is 1.89. The predicted octanol–water partition coefficient (Wildman–Crippen LogP) is 4.35. The summed E-state index contributed by atoms with van der Waals surface area (Å²) in [6.45, 7) is 12.0. The van der Waals surface area contributed by atoms with Crippen molar-refractivity contribution in [1.82, 2.24) is 9.55 Å². The SMILES string of the molecule is Cc1cc(C)cc(C2CCn3cc(C(C)(C)C)nc3N2)c1. The molecule has 3 nitrogen and oxygen atoms in total. The Morgan fingerprint density at radius 2 is 1.81 bits per heavy atom. The van der Waals surface area contributed by atoms with Gasteiger partial charge >= 0.3 is 0 Å². The minimum atomic E-state index is 0.0987. The van der Waals surface area contributed by atoms with E-state index in [9.17, 15) is 0 Å². The first-order valence-corrected chi connectivity index (χ1v) is 7.75. The third-order valence-corrected chi connectivity index (χ3v) is 4.15. The molecule has 0 aliphatic carbocycles. The first-order valence-electron chi connectivity index (χ1n) is 7.75. The zero-order chi connectivity index (χ0) is 15.2. The Morgan fingerprint density at radius 3 is 2.43 bits per heavy atom. The molecule has 1 unspecified atom stereocenters. The Hall–Kier alpha value is -1.77. The van der Waals surface area contributed by atoms with Crippen LogP contribution in [0.3, 0.4) is 0 Å². The fraction of sp³-hybridized carbons (Fsp3) is 0.500. The van der Waals surface area contributed by atoms with Crippen molar-refractivity contribution in [3.63, 3.8) is 0 Å². The number of fused-ring (bicyclic) bond motifs is 1. The van der Waals surface area contributed by atoms with Crippen LogP contribution in [0.5, 0.6) is 0 Å². The van der Waals surface area contributed by atoms with Gasteiger partial charge in [-0.1, -0.05) is 50.1 Å². The number of aromatic nitrogens is 2. The normalized spacial score (nSPS) is 18.2. The van der Waals surface area contributed by atoms with Crippen LogP contribution in [0.25, 0.3) is 0 Å². The quantitative estimate of drug-likeness (QED) is 0.843. The summed E-state index contributed by atoms with van der Waals surface area (Å²) >= 11 is 0. The predicted molar refractivity (Wildman–Crippen MR) is 87.8 cm³/mol. The van der Waals surface area contributed by atoms with Gasteiger partial charge in [0, 0.05) is 18.2 Å². The second-order valence-electron chi connectivity index (χ2n) is 7.30. The molecule has 0 bridgehead atoms. The van der Waals surface area contributed by atoms with E-state index in [1.165, 1.54) is 16.7 Å². The number of aryl methyl sites for hydroxylation is 3. The summed E-state index contributed by atoms with van der Waals surface area (Å²) in [6, 6.07) is 7.17. The molecular weight excluding hydrogens is 258 g/mol. The molecule has 1 aliphatic rings. The highest BCUT2D eigenvalue weighted by Crippen LogP contribution is 2.31. The Morgan fingerprint density at radius 1 is 1.14 bits per heavy atom. The van der Waals surface area contributed by atoms with Gasteiger partial charge in [-0.05, 0) is 25.8 Å². The molecule has 0 radical (unpaired) electrons. The molecule has 0 fully saturated rings. The van der Waals surface area contributed by atoms with Gasteiger partial charge < -0.3 is 9.88 Å². The van der Waals surface area contributed by atoms with E-state index in [1.54, 1.807) is 0 Å². The smallest absolute Gasteiger partial charge is 0.203 e. The zero-order valence-corrected chi connectivity index (χ0v) is 13.7. The summed E-state index contributed by atoms with van der Waals surface area (Å²) in [7, 11) is 0. The molecule has 112 valence electrons. The zero-order valence-electron chi connectivity index (χ0n) is 13.7. The number of hydrogen-bond donors (Lipinski definition) is 1. The van der Waals surface area contributed by atoms with Crippen molar-refractivity contribution in [1.29, 1.82) is 0 Å². The van der Waals surface area contributed by atoms with Crippen molar-refractivity contribution in [2.75, 3.05) is 5.32 Å². The van der Waals surface area contributed by atoms with Gasteiger partial charge in [0.05, 0.1) is 11.7 Å². The minimum Gasteiger partial charge on any atom is -0.349 e. The standard InChI is InChI=1S/C18H25N3/c1-12-8-13(2)10-14(9-12)15-6-7-21-11-16(18(3,4)5)20-17(21)19-15/h8-11,15H,6-7H2,1-5H3,(H,19,20). The van der Waals surface area contributed by atoms with E-state index in [2.05, 4.69) is 68.9 Å². The molecule has 3 heteroatoms. The van der Waals surface area contributed by atoms with Gasteiger partial charge in [-0.3, -0.25) is 0 Å². The van der Waals surface area contributed by atoms with Crippen LogP contribution in [0, 0.1) is 13.8 Å². The summed E-state index contributed by atoms with van der Waals surface area (Å²) in [5.41, 5.74) is 5.29. The Bertz CT molecular complexity index is 641. The van der Waals surface area contributed by atoms with E-state index in [1.807, 2.05) is 0 Å². The van der Waals surface area contributed by atoms with Crippen molar-refractivity contribution in [2.45, 2.75) is 59.0 Å². The van der Waals surface area contributed by atoms with Crippen LogP contribution >= 0.6 is 0 Å². The second kappa shape index (κ2) is 4.90. The van der Waals surface area contributed by atoms with Gasteiger partial charge in [-0.2, -0.15) is 0 Å². The van der Waals surface area contributed by atoms with E-state index in [-0.39, 0.29) is 5.41 Å². The molecular formula is C18H25N3. The van der Waals surface area contributed by atoms with E-state index < -0.39 is 0 Å². The number of benzene rings is 1. The summed E-state index contributed by atoms with van der Waals surface area (Å²) in [6.07, 6.45) is 3.30. The van der Waals surface area contributed by atoms with Crippen LogP contribution in [0.1, 0.15) is 55.6 Å².